The van der Waals surface area contributed by atoms with Crippen LogP contribution in [0.2, 0.25) is 0 Å². The van der Waals surface area contributed by atoms with Crippen molar-refractivity contribution in [2.24, 2.45) is 5.92 Å². The molecule has 3 nitrogen and oxygen atoms in total. The quantitative estimate of drug-likeness (QED) is 0.885. The molecule has 0 saturated carbocycles. The topological polar surface area (TPSA) is 26.7 Å². The molecule has 3 heteroatoms. The van der Waals surface area contributed by atoms with Crippen LogP contribution in [0, 0.1) is 5.92 Å². The third kappa shape index (κ3) is 3.04. The third-order valence-corrected chi connectivity index (χ3v) is 6.90. The van der Waals surface area contributed by atoms with Crippen molar-refractivity contribution in [3.63, 3.8) is 0 Å². The number of hydrogen-bond acceptors (Lipinski definition) is 3. The highest BCUT2D eigenvalue weighted by Crippen LogP contribution is 2.44. The molecule has 2 heterocycles. The minimum atomic E-state index is 0.111. The molecule has 0 radical (unpaired) electrons. The molecule has 2 aliphatic rings. The molecule has 2 fully saturated rings. The predicted molar refractivity (Wildman–Crippen MR) is 106 cm³/mol. The molecule has 1 N–H and O–H groups in total. The van der Waals surface area contributed by atoms with Crippen LogP contribution in [-0.4, -0.2) is 47.6 Å². The summed E-state index contributed by atoms with van der Waals surface area (Å²) in [7, 11) is 2.26. The van der Waals surface area contributed by atoms with E-state index >= 15 is 0 Å². The molecular formula is C23H30N2O. The monoisotopic (exact) mass is 350 g/mol. The van der Waals surface area contributed by atoms with Gasteiger partial charge in [0.25, 0.3) is 0 Å². The fourth-order valence-electron chi connectivity index (χ4n) is 5.05. The lowest BCUT2D eigenvalue weighted by atomic mass is 9.65. The van der Waals surface area contributed by atoms with Crippen molar-refractivity contribution in [3.8, 4) is 5.75 Å². The molecular weight excluding hydrogens is 320 g/mol. The average molecular weight is 351 g/mol. The van der Waals surface area contributed by atoms with Crippen LogP contribution >= 0.6 is 0 Å². The van der Waals surface area contributed by atoms with Gasteiger partial charge in [0.2, 0.25) is 0 Å². The van der Waals surface area contributed by atoms with E-state index in [0.717, 1.165) is 26.1 Å². The highest BCUT2D eigenvalue weighted by Gasteiger charge is 2.45. The number of rotatable bonds is 2. The summed E-state index contributed by atoms with van der Waals surface area (Å²) in [5, 5.41) is 9.96. The van der Waals surface area contributed by atoms with Crippen LogP contribution in [0.15, 0.2) is 54.6 Å². The summed E-state index contributed by atoms with van der Waals surface area (Å²) in [6.07, 6.45) is 1.14. The maximum absolute atomic E-state index is 9.96. The highest BCUT2D eigenvalue weighted by molar-refractivity contribution is 5.34. The minimum Gasteiger partial charge on any atom is -0.508 e. The van der Waals surface area contributed by atoms with Crippen molar-refractivity contribution in [2.45, 2.75) is 37.8 Å². The molecule has 138 valence electrons. The van der Waals surface area contributed by atoms with Gasteiger partial charge in [-0.15, -0.1) is 0 Å². The average Bonchev–Trinajstić information content (AvgIpc) is 2.63. The largest absolute Gasteiger partial charge is 0.508 e. The van der Waals surface area contributed by atoms with Crippen molar-refractivity contribution >= 4 is 0 Å². The number of fused-ring (bicyclic) bond motifs is 1. The van der Waals surface area contributed by atoms with Gasteiger partial charge in [-0.3, -0.25) is 9.80 Å². The number of piperazine rings is 1. The molecule has 4 rings (SSSR count). The Morgan fingerprint density at radius 2 is 1.77 bits per heavy atom. The molecule has 2 aliphatic heterocycles. The first-order valence-corrected chi connectivity index (χ1v) is 9.76. The van der Waals surface area contributed by atoms with Gasteiger partial charge in [0.1, 0.15) is 5.75 Å². The van der Waals surface area contributed by atoms with E-state index in [1.54, 1.807) is 6.07 Å². The van der Waals surface area contributed by atoms with Crippen LogP contribution in [0.5, 0.6) is 5.75 Å². The lowest BCUT2D eigenvalue weighted by Gasteiger charge is -2.54. The molecule has 0 amide bonds. The molecule has 2 aromatic rings. The lowest BCUT2D eigenvalue weighted by Crippen LogP contribution is -2.61. The van der Waals surface area contributed by atoms with Crippen LogP contribution in [0.25, 0.3) is 0 Å². The van der Waals surface area contributed by atoms with Crippen molar-refractivity contribution < 1.29 is 5.11 Å². The van der Waals surface area contributed by atoms with Crippen molar-refractivity contribution in [1.82, 2.24) is 9.80 Å². The van der Waals surface area contributed by atoms with Crippen molar-refractivity contribution in [1.29, 1.82) is 0 Å². The number of phenolic OH excluding ortho intramolecular Hbond substituents is 1. The fourth-order valence-corrected chi connectivity index (χ4v) is 5.05. The van der Waals surface area contributed by atoms with Gasteiger partial charge in [0, 0.05) is 31.7 Å². The van der Waals surface area contributed by atoms with E-state index < -0.39 is 0 Å². The minimum absolute atomic E-state index is 0.111. The number of nitrogens with zero attached hydrogens (tertiary/aromatic N) is 2. The second kappa shape index (κ2) is 6.71. The zero-order chi connectivity index (χ0) is 18.3. The van der Waals surface area contributed by atoms with Crippen LogP contribution < -0.4 is 0 Å². The van der Waals surface area contributed by atoms with Crippen molar-refractivity contribution in [2.75, 3.05) is 26.7 Å². The summed E-state index contributed by atoms with van der Waals surface area (Å²) >= 11 is 0. The van der Waals surface area contributed by atoms with Gasteiger partial charge < -0.3 is 5.11 Å². The first-order valence-electron chi connectivity index (χ1n) is 9.76. The van der Waals surface area contributed by atoms with Crippen LogP contribution in [-0.2, 0) is 5.41 Å². The van der Waals surface area contributed by atoms with E-state index in [9.17, 15) is 5.11 Å². The first kappa shape index (κ1) is 17.6. The Balaban J connectivity index is 1.57. The fraction of sp³-hybridized carbons (Fsp3) is 0.478. The molecule has 0 unspecified atom stereocenters. The maximum atomic E-state index is 9.96. The highest BCUT2D eigenvalue weighted by atomic mass is 16.3. The Labute approximate surface area is 157 Å². The standard InChI is InChI=1S/C23H30N2O/c1-17-14-25-16-22(18-8-5-4-6-9-18)24(3)15-20(25)13-23(17,2)19-10-7-11-21(26)12-19/h4-12,17,20,22,26H,13-16H2,1-3H3/t17-,20-,22+,23+/m0/s1. The molecule has 2 aromatic carbocycles. The van der Waals surface area contributed by atoms with E-state index in [1.807, 2.05) is 12.1 Å². The van der Waals surface area contributed by atoms with Gasteiger partial charge in [-0.05, 0) is 48.1 Å². The van der Waals surface area contributed by atoms with Crippen LogP contribution in [0.3, 0.4) is 0 Å². The first-order chi connectivity index (χ1) is 12.5. The third-order valence-electron chi connectivity index (χ3n) is 6.90. The Hall–Kier alpha value is -1.84. The molecule has 0 spiro atoms. The van der Waals surface area contributed by atoms with E-state index in [0.29, 0.717) is 23.8 Å². The molecule has 2 saturated heterocycles. The van der Waals surface area contributed by atoms with Gasteiger partial charge in [-0.2, -0.15) is 0 Å². The van der Waals surface area contributed by atoms with E-state index in [1.165, 1.54) is 11.1 Å². The Kier molecular flexibility index (Phi) is 4.54. The smallest absolute Gasteiger partial charge is 0.115 e. The molecule has 0 aromatic heterocycles. The number of aromatic hydroxyl groups is 1. The zero-order valence-corrected chi connectivity index (χ0v) is 16.1. The summed E-state index contributed by atoms with van der Waals surface area (Å²) < 4.78 is 0. The molecule has 4 atom stereocenters. The summed E-state index contributed by atoms with van der Waals surface area (Å²) in [6, 6.07) is 19.8. The number of piperidine rings is 1. The summed E-state index contributed by atoms with van der Waals surface area (Å²) in [6.45, 7) is 8.07. The normalized spacial score (nSPS) is 33.0. The second-order valence-electron chi connectivity index (χ2n) is 8.55. The second-order valence-corrected chi connectivity index (χ2v) is 8.55. The van der Waals surface area contributed by atoms with Crippen LogP contribution in [0.1, 0.15) is 37.4 Å². The molecule has 26 heavy (non-hydrogen) atoms. The Morgan fingerprint density at radius 3 is 2.50 bits per heavy atom. The lowest BCUT2D eigenvalue weighted by molar-refractivity contribution is -0.0225. The van der Waals surface area contributed by atoms with Crippen LogP contribution in [0.4, 0.5) is 0 Å². The summed E-state index contributed by atoms with van der Waals surface area (Å²) in [5.74, 6) is 0.934. The number of likely N-dealkylation sites (N-methyl/N-ethyl adjacent to an activating group) is 1. The van der Waals surface area contributed by atoms with Gasteiger partial charge in [0.05, 0.1) is 0 Å². The number of hydrogen-bond donors (Lipinski definition) is 1. The van der Waals surface area contributed by atoms with Crippen molar-refractivity contribution in [3.05, 3.63) is 65.7 Å². The predicted octanol–water partition coefficient (Wildman–Crippen LogP) is 4.05. The zero-order valence-electron chi connectivity index (χ0n) is 16.1. The van der Waals surface area contributed by atoms with E-state index in [2.05, 4.69) is 67.1 Å². The summed E-state index contributed by atoms with van der Waals surface area (Å²) in [5.41, 5.74) is 2.81. The SMILES string of the molecule is C[C@H]1CN2C[C@H](c3ccccc3)N(C)C[C@@H]2C[C@@]1(C)c1cccc(O)c1. The Morgan fingerprint density at radius 1 is 1.00 bits per heavy atom. The number of phenols is 1. The van der Waals surface area contributed by atoms with E-state index in [-0.39, 0.29) is 5.41 Å². The summed E-state index contributed by atoms with van der Waals surface area (Å²) in [4.78, 5) is 5.22. The van der Waals surface area contributed by atoms with Gasteiger partial charge >= 0.3 is 0 Å². The Bertz CT molecular complexity index is 762. The van der Waals surface area contributed by atoms with Gasteiger partial charge in [0.15, 0.2) is 0 Å². The maximum Gasteiger partial charge on any atom is 0.115 e. The van der Waals surface area contributed by atoms with Gasteiger partial charge in [-0.25, -0.2) is 0 Å². The van der Waals surface area contributed by atoms with E-state index in [4.69, 9.17) is 0 Å². The molecule has 0 aliphatic carbocycles. The van der Waals surface area contributed by atoms with Gasteiger partial charge in [-0.1, -0.05) is 56.3 Å². The number of benzene rings is 2. The molecule has 0 bridgehead atoms.